The van der Waals surface area contributed by atoms with Crippen molar-refractivity contribution in [1.82, 2.24) is 20.0 Å². The molecule has 0 amide bonds. The normalized spacial score (nSPS) is 14.7. The first-order valence-electron chi connectivity index (χ1n) is 5.93. The molecule has 20 heavy (non-hydrogen) atoms. The fraction of sp³-hybridized carbons (Fsp3) is 0.250. The van der Waals surface area contributed by atoms with E-state index in [1.807, 2.05) is 11.0 Å². The van der Waals surface area contributed by atoms with Gasteiger partial charge < -0.3 is 10.0 Å². The van der Waals surface area contributed by atoms with Crippen LogP contribution in [0, 0.1) is 11.3 Å². The maximum atomic E-state index is 10.7. The molecular weight excluding hydrogens is 260 g/mol. The molecule has 100 valence electrons. The molecule has 3 rings (SSSR count). The highest BCUT2D eigenvalue weighted by Crippen LogP contribution is 2.25. The maximum Gasteiger partial charge on any atom is 0.358 e. The summed E-state index contributed by atoms with van der Waals surface area (Å²) in [5, 5.41) is 24.9. The van der Waals surface area contributed by atoms with Gasteiger partial charge in [-0.05, 0) is 12.1 Å². The van der Waals surface area contributed by atoms with Gasteiger partial charge in [-0.1, -0.05) is 5.21 Å². The molecule has 0 atom stereocenters. The molecule has 2 aromatic rings. The van der Waals surface area contributed by atoms with Crippen LogP contribution in [0.1, 0.15) is 22.1 Å². The van der Waals surface area contributed by atoms with Crippen molar-refractivity contribution in [1.29, 1.82) is 5.26 Å². The SMILES string of the molecule is N#Cc1ccc(N2CC(n3cc(C(=O)O)nn3)C2)nc1. The third-order valence-corrected chi connectivity index (χ3v) is 3.17. The summed E-state index contributed by atoms with van der Waals surface area (Å²) >= 11 is 0. The van der Waals surface area contributed by atoms with Gasteiger partial charge in [-0.3, -0.25) is 0 Å². The van der Waals surface area contributed by atoms with Crippen LogP contribution < -0.4 is 4.90 Å². The fourth-order valence-corrected chi connectivity index (χ4v) is 2.00. The van der Waals surface area contributed by atoms with Gasteiger partial charge in [0.25, 0.3) is 0 Å². The molecule has 0 spiro atoms. The van der Waals surface area contributed by atoms with E-state index >= 15 is 0 Å². The average molecular weight is 270 g/mol. The number of hydrogen-bond acceptors (Lipinski definition) is 6. The number of carboxylic acids is 1. The monoisotopic (exact) mass is 270 g/mol. The number of carboxylic acid groups (broad SMARTS) is 1. The van der Waals surface area contributed by atoms with Crippen LogP contribution in [0.15, 0.2) is 24.5 Å². The highest BCUT2D eigenvalue weighted by Gasteiger charge is 2.30. The number of rotatable bonds is 3. The third-order valence-electron chi connectivity index (χ3n) is 3.17. The van der Waals surface area contributed by atoms with Crippen LogP contribution in [-0.2, 0) is 0 Å². The lowest BCUT2D eigenvalue weighted by Crippen LogP contribution is -2.48. The van der Waals surface area contributed by atoms with E-state index in [1.165, 1.54) is 12.4 Å². The minimum absolute atomic E-state index is 0.0556. The van der Waals surface area contributed by atoms with Gasteiger partial charge in [0.2, 0.25) is 0 Å². The standard InChI is InChI=1S/C12H10N6O2/c13-3-8-1-2-11(14-4-8)17-5-9(6-17)18-7-10(12(19)20)15-16-18/h1-2,4,7,9H,5-6H2,(H,19,20). The van der Waals surface area contributed by atoms with Gasteiger partial charge in [0.15, 0.2) is 5.69 Å². The molecule has 0 saturated carbocycles. The van der Waals surface area contributed by atoms with Crippen molar-refractivity contribution in [3.8, 4) is 6.07 Å². The molecule has 3 heterocycles. The Labute approximate surface area is 113 Å². The fourth-order valence-electron chi connectivity index (χ4n) is 2.00. The summed E-state index contributed by atoms with van der Waals surface area (Å²) in [4.78, 5) is 16.9. The smallest absolute Gasteiger partial charge is 0.358 e. The number of nitrogens with zero attached hydrogens (tertiary/aromatic N) is 6. The Morgan fingerprint density at radius 1 is 1.45 bits per heavy atom. The number of aromatic nitrogens is 4. The van der Waals surface area contributed by atoms with E-state index in [-0.39, 0.29) is 11.7 Å². The molecule has 1 N–H and O–H groups in total. The Bertz CT molecular complexity index is 681. The summed E-state index contributed by atoms with van der Waals surface area (Å²) in [6, 6.07) is 5.62. The predicted octanol–water partition coefficient (Wildman–Crippen LogP) is 0.304. The second-order valence-electron chi connectivity index (χ2n) is 4.46. The van der Waals surface area contributed by atoms with Crippen molar-refractivity contribution in [3.63, 3.8) is 0 Å². The van der Waals surface area contributed by atoms with Gasteiger partial charge in [0.1, 0.15) is 11.9 Å². The first kappa shape index (κ1) is 12.1. The predicted molar refractivity (Wildman–Crippen MR) is 67.2 cm³/mol. The Kier molecular flexibility index (Phi) is 2.80. The van der Waals surface area contributed by atoms with Gasteiger partial charge in [-0.25, -0.2) is 14.5 Å². The minimum Gasteiger partial charge on any atom is -0.476 e. The van der Waals surface area contributed by atoms with Gasteiger partial charge in [-0.2, -0.15) is 5.26 Å². The van der Waals surface area contributed by atoms with Crippen LogP contribution in [-0.4, -0.2) is 44.1 Å². The van der Waals surface area contributed by atoms with Crippen LogP contribution in [0.25, 0.3) is 0 Å². The number of hydrogen-bond donors (Lipinski definition) is 1. The highest BCUT2D eigenvalue weighted by atomic mass is 16.4. The van der Waals surface area contributed by atoms with Crippen LogP contribution >= 0.6 is 0 Å². The van der Waals surface area contributed by atoms with Crippen molar-refractivity contribution >= 4 is 11.8 Å². The zero-order valence-electron chi connectivity index (χ0n) is 10.3. The number of carbonyl (C=O) groups is 1. The summed E-state index contributed by atoms with van der Waals surface area (Å²) in [7, 11) is 0. The van der Waals surface area contributed by atoms with Crippen molar-refractivity contribution in [3.05, 3.63) is 35.8 Å². The van der Waals surface area contributed by atoms with Crippen molar-refractivity contribution in [2.45, 2.75) is 6.04 Å². The van der Waals surface area contributed by atoms with E-state index in [0.29, 0.717) is 18.7 Å². The Hall–Kier alpha value is -2.95. The van der Waals surface area contributed by atoms with E-state index in [4.69, 9.17) is 10.4 Å². The lowest BCUT2D eigenvalue weighted by atomic mass is 10.1. The summed E-state index contributed by atoms with van der Waals surface area (Å²) in [5.74, 6) is -0.292. The second kappa shape index (κ2) is 4.62. The lowest BCUT2D eigenvalue weighted by Gasteiger charge is -2.39. The number of nitriles is 1. The topological polar surface area (TPSA) is 108 Å². The van der Waals surface area contributed by atoms with Crippen molar-refractivity contribution in [2.75, 3.05) is 18.0 Å². The first-order valence-corrected chi connectivity index (χ1v) is 5.93. The molecule has 0 radical (unpaired) electrons. The quantitative estimate of drug-likeness (QED) is 0.854. The van der Waals surface area contributed by atoms with E-state index in [0.717, 1.165) is 5.82 Å². The van der Waals surface area contributed by atoms with E-state index < -0.39 is 5.97 Å². The zero-order chi connectivity index (χ0) is 14.1. The molecule has 1 saturated heterocycles. The minimum atomic E-state index is -1.08. The Morgan fingerprint density at radius 2 is 2.25 bits per heavy atom. The third kappa shape index (κ3) is 2.05. The molecule has 2 aromatic heterocycles. The van der Waals surface area contributed by atoms with Gasteiger partial charge in [0.05, 0.1) is 17.8 Å². The first-order chi connectivity index (χ1) is 9.67. The van der Waals surface area contributed by atoms with Crippen LogP contribution in [0.2, 0.25) is 0 Å². The highest BCUT2D eigenvalue weighted by molar-refractivity contribution is 5.84. The lowest BCUT2D eigenvalue weighted by molar-refractivity contribution is 0.0690. The molecular formula is C12H10N6O2. The molecule has 0 bridgehead atoms. The second-order valence-corrected chi connectivity index (χ2v) is 4.46. The molecule has 0 aromatic carbocycles. The van der Waals surface area contributed by atoms with Crippen LogP contribution in [0.5, 0.6) is 0 Å². The number of aromatic carboxylic acids is 1. The van der Waals surface area contributed by atoms with Crippen molar-refractivity contribution < 1.29 is 9.90 Å². The van der Waals surface area contributed by atoms with E-state index in [1.54, 1.807) is 16.8 Å². The Morgan fingerprint density at radius 3 is 2.80 bits per heavy atom. The summed E-state index contributed by atoms with van der Waals surface area (Å²) in [5.41, 5.74) is 0.466. The molecule has 0 aliphatic carbocycles. The van der Waals surface area contributed by atoms with Crippen molar-refractivity contribution in [2.24, 2.45) is 0 Å². The largest absolute Gasteiger partial charge is 0.476 e. The molecule has 1 aliphatic heterocycles. The zero-order valence-corrected chi connectivity index (χ0v) is 10.3. The number of pyridine rings is 1. The number of anilines is 1. The summed E-state index contributed by atoms with van der Waals surface area (Å²) < 4.78 is 1.56. The molecule has 1 fully saturated rings. The van der Waals surface area contributed by atoms with Crippen LogP contribution in [0.3, 0.4) is 0 Å². The van der Waals surface area contributed by atoms with E-state index in [9.17, 15) is 4.79 Å². The van der Waals surface area contributed by atoms with Gasteiger partial charge in [-0.15, -0.1) is 5.10 Å². The summed E-state index contributed by atoms with van der Waals surface area (Å²) in [6.45, 7) is 1.36. The van der Waals surface area contributed by atoms with Crippen LogP contribution in [0.4, 0.5) is 5.82 Å². The maximum absolute atomic E-state index is 10.7. The Balaban J connectivity index is 1.65. The van der Waals surface area contributed by atoms with E-state index in [2.05, 4.69) is 15.3 Å². The molecule has 0 unspecified atom stereocenters. The molecule has 8 heteroatoms. The summed E-state index contributed by atoms with van der Waals surface area (Å²) in [6.07, 6.45) is 2.96. The average Bonchev–Trinajstić information content (AvgIpc) is 2.87. The van der Waals surface area contributed by atoms with Gasteiger partial charge in [0, 0.05) is 19.3 Å². The molecule has 8 nitrogen and oxygen atoms in total. The molecule has 1 aliphatic rings. The van der Waals surface area contributed by atoms with Gasteiger partial charge >= 0.3 is 5.97 Å².